The fraction of sp³-hybridized carbons (Fsp3) is 0.467. The molecule has 3 rings (SSSR count). The topological polar surface area (TPSA) is 46.6 Å². The lowest BCUT2D eigenvalue weighted by molar-refractivity contribution is -0.146. The summed E-state index contributed by atoms with van der Waals surface area (Å²) in [6.07, 6.45) is -0.190. The van der Waals surface area contributed by atoms with Crippen LogP contribution >= 0.6 is 0 Å². The van der Waals surface area contributed by atoms with Crippen molar-refractivity contribution in [3.05, 3.63) is 35.4 Å². The Morgan fingerprint density at radius 3 is 2.63 bits per heavy atom. The summed E-state index contributed by atoms with van der Waals surface area (Å²) in [7, 11) is 3.40. The Morgan fingerprint density at radius 2 is 2.00 bits per heavy atom. The molecule has 1 aliphatic carbocycles. The van der Waals surface area contributed by atoms with Gasteiger partial charge in [-0.1, -0.05) is 18.2 Å². The van der Waals surface area contributed by atoms with Gasteiger partial charge >= 0.3 is 0 Å². The van der Waals surface area contributed by atoms with E-state index < -0.39 is 0 Å². The second-order valence-corrected chi connectivity index (χ2v) is 5.36. The van der Waals surface area contributed by atoms with Gasteiger partial charge in [0.1, 0.15) is 5.78 Å². The molecule has 0 unspecified atom stereocenters. The molecule has 0 spiro atoms. The molecule has 2 aliphatic rings. The largest absolute Gasteiger partial charge is 0.379 e. The third-order valence-electron chi connectivity index (χ3n) is 4.50. The normalized spacial score (nSPS) is 32.4. The molecular weight excluding hydrogens is 242 g/mol. The van der Waals surface area contributed by atoms with E-state index in [2.05, 4.69) is 0 Å². The van der Waals surface area contributed by atoms with E-state index in [0.717, 1.165) is 5.56 Å². The molecular formula is C15H17NO3. The molecule has 4 nitrogen and oxygen atoms in total. The number of likely N-dealkylation sites (N-methyl/N-ethyl adjacent to an activating group) is 1. The van der Waals surface area contributed by atoms with Crippen molar-refractivity contribution in [3.63, 3.8) is 0 Å². The maximum absolute atomic E-state index is 12.3. The van der Waals surface area contributed by atoms with Crippen LogP contribution in [0.4, 0.5) is 0 Å². The minimum Gasteiger partial charge on any atom is -0.379 e. The van der Waals surface area contributed by atoms with Crippen molar-refractivity contribution in [1.82, 2.24) is 4.90 Å². The molecule has 1 fully saturated rings. The third kappa shape index (κ3) is 1.49. The smallest absolute Gasteiger partial charge is 0.254 e. The van der Waals surface area contributed by atoms with Gasteiger partial charge in [-0.3, -0.25) is 9.59 Å². The van der Waals surface area contributed by atoms with Crippen LogP contribution in [0, 0.1) is 5.92 Å². The van der Waals surface area contributed by atoms with Crippen molar-refractivity contribution in [2.24, 2.45) is 5.92 Å². The minimum atomic E-state index is -0.190. The molecule has 0 radical (unpaired) electrons. The number of ether oxygens (including phenoxy) is 1. The monoisotopic (exact) mass is 259 g/mol. The fourth-order valence-electron chi connectivity index (χ4n) is 3.60. The zero-order valence-electron chi connectivity index (χ0n) is 11.3. The summed E-state index contributed by atoms with van der Waals surface area (Å²) >= 11 is 0. The number of fused-ring (bicyclic) bond motifs is 3. The van der Waals surface area contributed by atoms with Crippen LogP contribution in [0.1, 0.15) is 28.8 Å². The SMILES string of the molecule is CO[C@H]1[C@H](C(C)=O)[C@@H]2c3ccccc3C(=O)N(C)[C@H]12. The number of hydrogen-bond acceptors (Lipinski definition) is 3. The van der Waals surface area contributed by atoms with Gasteiger partial charge in [0.05, 0.1) is 18.1 Å². The van der Waals surface area contributed by atoms with Crippen LogP contribution in [-0.4, -0.2) is 42.9 Å². The summed E-state index contributed by atoms with van der Waals surface area (Å²) in [5.41, 5.74) is 1.70. The minimum absolute atomic E-state index is 0.0147. The first-order chi connectivity index (χ1) is 9.07. The van der Waals surface area contributed by atoms with Crippen molar-refractivity contribution >= 4 is 11.7 Å². The van der Waals surface area contributed by atoms with Gasteiger partial charge in [-0.05, 0) is 18.6 Å². The Hall–Kier alpha value is -1.68. The average Bonchev–Trinajstić information content (AvgIpc) is 2.36. The standard InChI is InChI=1S/C15H17NO3/c1-8(17)11-12-9-6-4-5-7-10(9)15(18)16(2)13(12)14(11)19-3/h4-7,11-14H,1-3H3/t11-,12+,13+,14+/m1/s1. The Bertz CT molecular complexity index is 554. The van der Waals surface area contributed by atoms with Gasteiger partial charge in [0.2, 0.25) is 0 Å². The fourth-order valence-corrected chi connectivity index (χ4v) is 3.60. The van der Waals surface area contributed by atoms with Crippen LogP contribution in [0.3, 0.4) is 0 Å². The molecule has 100 valence electrons. The second kappa shape index (κ2) is 4.17. The van der Waals surface area contributed by atoms with Crippen molar-refractivity contribution in [2.45, 2.75) is 25.0 Å². The lowest BCUT2D eigenvalue weighted by atomic mass is 9.59. The Morgan fingerprint density at radius 1 is 1.32 bits per heavy atom. The number of carbonyl (C=O) groups is 2. The number of nitrogens with zero attached hydrogens (tertiary/aromatic N) is 1. The molecule has 1 aliphatic heterocycles. The predicted octanol–water partition coefficient (Wildman–Crippen LogP) is 1.46. The second-order valence-electron chi connectivity index (χ2n) is 5.36. The molecule has 1 aromatic rings. The number of carbonyl (C=O) groups excluding carboxylic acids is 2. The maximum atomic E-state index is 12.3. The maximum Gasteiger partial charge on any atom is 0.254 e. The van der Waals surface area contributed by atoms with Crippen molar-refractivity contribution in [1.29, 1.82) is 0 Å². The van der Waals surface area contributed by atoms with E-state index in [1.54, 1.807) is 26.0 Å². The molecule has 0 aromatic heterocycles. The molecule has 0 N–H and O–H groups in total. The van der Waals surface area contributed by atoms with E-state index in [1.165, 1.54) is 0 Å². The Labute approximate surface area is 112 Å². The van der Waals surface area contributed by atoms with Gasteiger partial charge in [-0.2, -0.15) is 0 Å². The lowest BCUT2D eigenvalue weighted by Gasteiger charge is -2.56. The first-order valence-corrected chi connectivity index (χ1v) is 6.47. The summed E-state index contributed by atoms with van der Waals surface area (Å²) < 4.78 is 5.45. The highest BCUT2D eigenvalue weighted by molar-refractivity contribution is 5.98. The predicted molar refractivity (Wildman–Crippen MR) is 70.0 cm³/mol. The number of Topliss-reactive ketones (excluding diaryl/α,β-unsaturated/α-hetero) is 1. The molecule has 0 saturated heterocycles. The highest BCUT2D eigenvalue weighted by atomic mass is 16.5. The quantitative estimate of drug-likeness (QED) is 0.807. The number of amides is 1. The van der Waals surface area contributed by atoms with Crippen molar-refractivity contribution < 1.29 is 14.3 Å². The summed E-state index contributed by atoms with van der Waals surface area (Å²) in [5, 5.41) is 0. The van der Waals surface area contributed by atoms with E-state index >= 15 is 0 Å². The summed E-state index contributed by atoms with van der Waals surface area (Å²) in [4.78, 5) is 25.9. The first-order valence-electron chi connectivity index (χ1n) is 6.47. The first kappa shape index (κ1) is 12.4. The molecule has 1 aromatic carbocycles. The third-order valence-corrected chi connectivity index (χ3v) is 4.50. The van der Waals surface area contributed by atoms with Gasteiger partial charge in [0.15, 0.2) is 0 Å². The Kier molecular flexibility index (Phi) is 2.71. The molecule has 0 bridgehead atoms. The van der Waals surface area contributed by atoms with Crippen LogP contribution in [0.25, 0.3) is 0 Å². The van der Waals surface area contributed by atoms with E-state index in [-0.39, 0.29) is 35.7 Å². The molecule has 19 heavy (non-hydrogen) atoms. The van der Waals surface area contributed by atoms with E-state index in [0.29, 0.717) is 5.56 Å². The van der Waals surface area contributed by atoms with Crippen LogP contribution in [0.2, 0.25) is 0 Å². The van der Waals surface area contributed by atoms with E-state index in [9.17, 15) is 9.59 Å². The van der Waals surface area contributed by atoms with Gasteiger partial charge in [0.25, 0.3) is 5.91 Å². The van der Waals surface area contributed by atoms with Crippen LogP contribution in [0.5, 0.6) is 0 Å². The highest BCUT2D eigenvalue weighted by Crippen LogP contribution is 2.51. The Balaban J connectivity index is 2.11. The highest BCUT2D eigenvalue weighted by Gasteiger charge is 2.59. The zero-order chi connectivity index (χ0) is 13.7. The number of ketones is 1. The molecule has 4 atom stereocenters. The van der Waals surface area contributed by atoms with Gasteiger partial charge in [-0.15, -0.1) is 0 Å². The van der Waals surface area contributed by atoms with Gasteiger partial charge in [-0.25, -0.2) is 0 Å². The van der Waals surface area contributed by atoms with Crippen molar-refractivity contribution in [2.75, 3.05) is 14.2 Å². The van der Waals surface area contributed by atoms with Crippen LogP contribution in [-0.2, 0) is 9.53 Å². The molecule has 1 heterocycles. The summed E-state index contributed by atoms with van der Waals surface area (Å²) in [6.45, 7) is 1.60. The number of methoxy groups -OCH3 is 1. The lowest BCUT2D eigenvalue weighted by Crippen LogP contribution is -2.67. The average molecular weight is 259 g/mol. The molecule has 4 heteroatoms. The van der Waals surface area contributed by atoms with E-state index in [4.69, 9.17) is 4.74 Å². The number of benzene rings is 1. The van der Waals surface area contributed by atoms with Crippen LogP contribution in [0.15, 0.2) is 24.3 Å². The zero-order valence-corrected chi connectivity index (χ0v) is 11.3. The molecule has 1 saturated carbocycles. The van der Waals surface area contributed by atoms with Crippen LogP contribution < -0.4 is 0 Å². The number of rotatable bonds is 2. The summed E-state index contributed by atoms with van der Waals surface area (Å²) in [6, 6.07) is 7.55. The number of hydrogen-bond donors (Lipinski definition) is 0. The molecule has 1 amide bonds. The van der Waals surface area contributed by atoms with Gasteiger partial charge < -0.3 is 9.64 Å². The summed E-state index contributed by atoms with van der Waals surface area (Å²) in [5.74, 6) is 0.0691. The van der Waals surface area contributed by atoms with Crippen molar-refractivity contribution in [3.8, 4) is 0 Å². The van der Waals surface area contributed by atoms with E-state index in [1.807, 2.05) is 24.3 Å². The van der Waals surface area contributed by atoms with Gasteiger partial charge in [0, 0.05) is 25.6 Å².